The summed E-state index contributed by atoms with van der Waals surface area (Å²) >= 11 is 0. The molecular weight excluding hydrogens is 166 g/mol. The summed E-state index contributed by atoms with van der Waals surface area (Å²) in [5, 5.41) is 0. The Bertz CT molecular complexity index is 283. The number of nitrogens with two attached hydrogens (primary N) is 1. The third-order valence-corrected chi connectivity index (χ3v) is 2.37. The van der Waals surface area contributed by atoms with E-state index < -0.39 is 0 Å². The number of hydrogen-bond acceptors (Lipinski definition) is 3. The first kappa shape index (κ1) is 8.44. The molecule has 0 saturated carbocycles. The molecule has 0 aromatic carbocycles. The molecule has 1 atom stereocenters. The number of nitrogens with zero attached hydrogens (tertiary/aromatic N) is 2. The second-order valence-electron chi connectivity index (χ2n) is 3.44. The van der Waals surface area contributed by atoms with Crippen molar-refractivity contribution in [3.05, 3.63) is 11.9 Å². The van der Waals surface area contributed by atoms with Gasteiger partial charge in [0.05, 0.1) is 0 Å². The topological polar surface area (TPSA) is 58.7 Å². The lowest BCUT2D eigenvalue weighted by Crippen LogP contribution is -2.32. The Morgan fingerprint density at radius 2 is 2.46 bits per heavy atom. The van der Waals surface area contributed by atoms with Gasteiger partial charge in [-0.3, -0.25) is 9.79 Å². The van der Waals surface area contributed by atoms with Crippen molar-refractivity contribution in [2.45, 2.75) is 25.3 Å². The molecule has 2 heterocycles. The predicted molar refractivity (Wildman–Crippen MR) is 50.1 cm³/mol. The maximum absolute atomic E-state index is 11.4. The van der Waals surface area contributed by atoms with Gasteiger partial charge in [0.25, 0.3) is 0 Å². The van der Waals surface area contributed by atoms with Gasteiger partial charge in [-0.1, -0.05) is 0 Å². The number of carbonyl (C=O) groups excluding carboxylic acids is 1. The van der Waals surface area contributed by atoms with Crippen molar-refractivity contribution in [2.24, 2.45) is 10.7 Å². The highest BCUT2D eigenvalue weighted by atomic mass is 16.2. The summed E-state index contributed by atoms with van der Waals surface area (Å²) < 4.78 is 0. The first-order valence-corrected chi connectivity index (χ1v) is 4.55. The Morgan fingerprint density at radius 3 is 3.08 bits per heavy atom. The summed E-state index contributed by atoms with van der Waals surface area (Å²) in [5.41, 5.74) is 6.68. The third kappa shape index (κ3) is 1.62. The molecule has 1 unspecified atom stereocenters. The molecule has 2 rings (SSSR count). The molecule has 2 aliphatic heterocycles. The van der Waals surface area contributed by atoms with E-state index in [4.69, 9.17) is 5.73 Å². The van der Waals surface area contributed by atoms with E-state index >= 15 is 0 Å². The van der Waals surface area contributed by atoms with Crippen LogP contribution in [0.25, 0.3) is 0 Å². The Kier molecular flexibility index (Phi) is 2.14. The van der Waals surface area contributed by atoms with Gasteiger partial charge in [-0.15, -0.1) is 0 Å². The van der Waals surface area contributed by atoms with Gasteiger partial charge in [0.2, 0.25) is 5.91 Å². The van der Waals surface area contributed by atoms with E-state index in [2.05, 4.69) is 4.99 Å². The molecular formula is C9H13N3O. The minimum Gasteiger partial charge on any atom is -0.323 e. The van der Waals surface area contributed by atoms with Crippen LogP contribution in [0.5, 0.6) is 0 Å². The molecule has 0 bridgehead atoms. The summed E-state index contributed by atoms with van der Waals surface area (Å²) in [4.78, 5) is 17.2. The number of aliphatic imine (C=N–C) groups is 1. The largest absolute Gasteiger partial charge is 0.323 e. The van der Waals surface area contributed by atoms with Gasteiger partial charge in [-0.25, -0.2) is 0 Å². The lowest BCUT2D eigenvalue weighted by atomic mass is 10.1. The quantitative estimate of drug-likeness (QED) is 0.627. The van der Waals surface area contributed by atoms with E-state index in [1.165, 1.54) is 0 Å². The van der Waals surface area contributed by atoms with E-state index in [1.54, 1.807) is 17.3 Å². The summed E-state index contributed by atoms with van der Waals surface area (Å²) in [6.45, 7) is 0.826. The van der Waals surface area contributed by atoms with Gasteiger partial charge in [0, 0.05) is 43.5 Å². The maximum Gasteiger partial charge on any atom is 0.226 e. The van der Waals surface area contributed by atoms with Crippen LogP contribution in [0.2, 0.25) is 0 Å². The molecule has 70 valence electrons. The van der Waals surface area contributed by atoms with Crippen molar-refractivity contribution in [1.82, 2.24) is 4.90 Å². The fraction of sp³-hybridized carbons (Fsp3) is 0.556. The van der Waals surface area contributed by atoms with Crippen LogP contribution in [-0.2, 0) is 4.79 Å². The van der Waals surface area contributed by atoms with E-state index in [1.807, 2.05) is 0 Å². The smallest absolute Gasteiger partial charge is 0.226 e. The second-order valence-corrected chi connectivity index (χ2v) is 3.44. The van der Waals surface area contributed by atoms with Crippen LogP contribution < -0.4 is 5.73 Å². The zero-order chi connectivity index (χ0) is 9.26. The Balaban J connectivity index is 2.12. The minimum atomic E-state index is -0.0339. The number of likely N-dealkylation sites (tertiary alicyclic amines) is 1. The minimum absolute atomic E-state index is 0.0339. The van der Waals surface area contributed by atoms with Crippen LogP contribution in [-0.4, -0.2) is 29.6 Å². The number of rotatable bonds is 1. The molecule has 2 aliphatic rings. The van der Waals surface area contributed by atoms with Crippen molar-refractivity contribution in [2.75, 3.05) is 6.54 Å². The van der Waals surface area contributed by atoms with Gasteiger partial charge in [0.15, 0.2) is 0 Å². The van der Waals surface area contributed by atoms with Gasteiger partial charge in [-0.05, 0) is 6.42 Å². The molecule has 0 aromatic heterocycles. The van der Waals surface area contributed by atoms with Gasteiger partial charge >= 0.3 is 0 Å². The highest BCUT2D eigenvalue weighted by molar-refractivity contribution is 5.80. The second kappa shape index (κ2) is 3.30. The Morgan fingerprint density at radius 1 is 1.62 bits per heavy atom. The number of carbonyl (C=O) groups is 1. The number of hydrogen-bond donors (Lipinski definition) is 1. The molecule has 0 aromatic rings. The normalized spacial score (nSPS) is 28.1. The molecule has 0 spiro atoms. The zero-order valence-electron chi connectivity index (χ0n) is 7.44. The van der Waals surface area contributed by atoms with E-state index in [9.17, 15) is 4.79 Å². The van der Waals surface area contributed by atoms with Crippen LogP contribution in [0.1, 0.15) is 19.3 Å². The van der Waals surface area contributed by atoms with Crippen LogP contribution in [0.15, 0.2) is 16.9 Å². The van der Waals surface area contributed by atoms with Crippen molar-refractivity contribution in [1.29, 1.82) is 0 Å². The molecule has 13 heavy (non-hydrogen) atoms. The SMILES string of the molecule is NC1C=NC=C(N2CCCC2=O)C1. The molecule has 1 amide bonds. The van der Waals surface area contributed by atoms with E-state index in [0.717, 1.165) is 25.1 Å². The summed E-state index contributed by atoms with van der Waals surface area (Å²) in [6.07, 6.45) is 5.80. The lowest BCUT2D eigenvalue weighted by Gasteiger charge is -2.22. The molecule has 0 radical (unpaired) electrons. The zero-order valence-corrected chi connectivity index (χ0v) is 7.44. The molecule has 1 fully saturated rings. The average Bonchev–Trinajstić information content (AvgIpc) is 2.51. The Hall–Kier alpha value is -1.16. The molecule has 0 aliphatic carbocycles. The van der Waals surface area contributed by atoms with Crippen molar-refractivity contribution in [3.63, 3.8) is 0 Å². The highest BCUT2D eigenvalue weighted by Gasteiger charge is 2.25. The van der Waals surface area contributed by atoms with Crippen LogP contribution in [0.3, 0.4) is 0 Å². The van der Waals surface area contributed by atoms with Crippen LogP contribution >= 0.6 is 0 Å². The molecule has 4 nitrogen and oxygen atoms in total. The highest BCUT2D eigenvalue weighted by Crippen LogP contribution is 2.20. The summed E-state index contributed by atoms with van der Waals surface area (Å²) in [5.74, 6) is 0.204. The monoisotopic (exact) mass is 179 g/mol. The first-order chi connectivity index (χ1) is 6.27. The van der Waals surface area contributed by atoms with Gasteiger partial charge in [-0.2, -0.15) is 0 Å². The van der Waals surface area contributed by atoms with Crippen molar-refractivity contribution in [3.8, 4) is 0 Å². The van der Waals surface area contributed by atoms with Crippen LogP contribution in [0.4, 0.5) is 0 Å². The fourth-order valence-corrected chi connectivity index (χ4v) is 1.72. The molecule has 2 N–H and O–H groups in total. The summed E-state index contributed by atoms with van der Waals surface area (Å²) in [6, 6.07) is -0.0339. The maximum atomic E-state index is 11.4. The third-order valence-electron chi connectivity index (χ3n) is 2.37. The van der Waals surface area contributed by atoms with E-state index in [0.29, 0.717) is 6.42 Å². The standard InChI is InChI=1S/C9H13N3O/c10-7-4-8(6-11-5-7)12-3-1-2-9(12)13/h5-7H,1-4,10H2. The molecule has 4 heteroatoms. The first-order valence-electron chi connectivity index (χ1n) is 4.55. The Labute approximate surface area is 77.1 Å². The van der Waals surface area contributed by atoms with Gasteiger partial charge in [0.1, 0.15) is 0 Å². The average molecular weight is 179 g/mol. The van der Waals surface area contributed by atoms with Gasteiger partial charge < -0.3 is 10.6 Å². The predicted octanol–water partition coefficient (Wildman–Crippen LogP) is 0.252. The lowest BCUT2D eigenvalue weighted by molar-refractivity contribution is -0.126. The summed E-state index contributed by atoms with van der Waals surface area (Å²) in [7, 11) is 0. The van der Waals surface area contributed by atoms with Crippen molar-refractivity contribution < 1.29 is 4.79 Å². The number of amides is 1. The van der Waals surface area contributed by atoms with Crippen molar-refractivity contribution >= 4 is 12.1 Å². The molecule has 1 saturated heterocycles. The van der Waals surface area contributed by atoms with E-state index in [-0.39, 0.29) is 11.9 Å². The van der Waals surface area contributed by atoms with Crippen LogP contribution in [0, 0.1) is 0 Å². The fourth-order valence-electron chi connectivity index (χ4n) is 1.72.